The molecule has 0 heterocycles. The molecule has 122 valence electrons. The number of phenols is 1. The molecule has 0 spiro atoms. The Morgan fingerprint density at radius 2 is 1.86 bits per heavy atom. The average Bonchev–Trinajstić information content (AvgIpc) is 2.49. The molecular weight excluding hydrogens is 274 g/mol. The smallest absolute Gasteiger partial charge is 0.133 e. The lowest BCUT2D eigenvalue weighted by molar-refractivity contribution is -0.123. The molecule has 0 amide bonds. The number of carbonyl (C=O) groups is 1. The zero-order valence-electron chi connectivity index (χ0n) is 14.1. The van der Waals surface area contributed by atoms with Crippen LogP contribution < -0.4 is 0 Å². The molecule has 3 nitrogen and oxygen atoms in total. The van der Waals surface area contributed by atoms with E-state index in [4.69, 9.17) is 0 Å². The van der Waals surface area contributed by atoms with Gasteiger partial charge in [0.2, 0.25) is 0 Å². The summed E-state index contributed by atoms with van der Waals surface area (Å²) < 4.78 is 0. The molecule has 1 N–H and O–H groups in total. The van der Waals surface area contributed by atoms with Crippen LogP contribution in [0.25, 0.3) is 0 Å². The molecule has 1 saturated carbocycles. The maximum Gasteiger partial charge on any atom is 0.133 e. The van der Waals surface area contributed by atoms with E-state index in [1.165, 1.54) is 0 Å². The van der Waals surface area contributed by atoms with Crippen LogP contribution in [0.15, 0.2) is 37.4 Å². The van der Waals surface area contributed by atoms with E-state index >= 15 is 0 Å². The number of nitrogens with zero attached hydrogens (tertiary/aromatic N) is 1. The van der Waals surface area contributed by atoms with E-state index in [2.05, 4.69) is 45.0 Å². The van der Waals surface area contributed by atoms with E-state index in [-0.39, 0.29) is 5.54 Å². The van der Waals surface area contributed by atoms with Crippen molar-refractivity contribution in [2.45, 2.75) is 45.1 Å². The van der Waals surface area contributed by atoms with E-state index in [0.29, 0.717) is 30.3 Å². The highest BCUT2D eigenvalue weighted by atomic mass is 16.3. The van der Waals surface area contributed by atoms with Crippen LogP contribution in [0, 0.1) is 5.92 Å². The summed E-state index contributed by atoms with van der Waals surface area (Å²) in [6, 6.07) is 7.53. The second kappa shape index (κ2) is 8.14. The predicted molar refractivity (Wildman–Crippen MR) is 92.0 cm³/mol. The third kappa shape index (κ3) is 4.20. The van der Waals surface area contributed by atoms with Crippen LogP contribution in [-0.4, -0.2) is 29.4 Å². The first kappa shape index (κ1) is 18.4. The Hall–Kier alpha value is -1.61. The normalized spacial score (nSPS) is 17.2. The molecule has 0 saturated heterocycles. The largest absolute Gasteiger partial charge is 0.508 e. The molecule has 0 aliphatic heterocycles. The summed E-state index contributed by atoms with van der Waals surface area (Å²) in [6.07, 6.45) is 2.97. The molecule has 0 radical (unpaired) electrons. The summed E-state index contributed by atoms with van der Waals surface area (Å²) in [4.78, 5) is 14.0. The minimum absolute atomic E-state index is 0.114. The van der Waals surface area contributed by atoms with Crippen molar-refractivity contribution in [3.63, 3.8) is 0 Å². The highest BCUT2D eigenvalue weighted by molar-refractivity contribution is 5.79. The van der Waals surface area contributed by atoms with Crippen molar-refractivity contribution < 1.29 is 9.90 Å². The van der Waals surface area contributed by atoms with Crippen LogP contribution in [0.5, 0.6) is 5.75 Å². The quantitative estimate of drug-likeness (QED) is 0.851. The third-order valence-electron chi connectivity index (χ3n) is 4.39. The van der Waals surface area contributed by atoms with Crippen LogP contribution in [0.2, 0.25) is 0 Å². The van der Waals surface area contributed by atoms with Crippen LogP contribution in [0.4, 0.5) is 0 Å². The summed E-state index contributed by atoms with van der Waals surface area (Å²) in [5, 5.41) is 9.79. The number of hydrogen-bond donors (Lipinski definition) is 1. The van der Waals surface area contributed by atoms with Gasteiger partial charge in [0.25, 0.3) is 0 Å². The average molecular weight is 303 g/mol. The lowest BCUT2D eigenvalue weighted by Gasteiger charge is -2.45. The van der Waals surface area contributed by atoms with Gasteiger partial charge in [0.1, 0.15) is 11.5 Å². The Bertz CT molecular complexity index is 486. The lowest BCUT2D eigenvalue weighted by atomic mass is 9.74. The Kier molecular flexibility index (Phi) is 6.82. The summed E-state index contributed by atoms with van der Waals surface area (Å²) >= 11 is 0. The van der Waals surface area contributed by atoms with Gasteiger partial charge >= 0.3 is 0 Å². The second-order valence-electron chi connectivity index (χ2n) is 6.39. The molecule has 3 heteroatoms. The van der Waals surface area contributed by atoms with Crippen molar-refractivity contribution in [1.29, 1.82) is 0 Å². The molecule has 1 fully saturated rings. The lowest BCUT2D eigenvalue weighted by Crippen LogP contribution is -2.47. The summed E-state index contributed by atoms with van der Waals surface area (Å²) in [5.74, 6) is 1.24. The minimum atomic E-state index is -0.114. The van der Waals surface area contributed by atoms with Crippen molar-refractivity contribution >= 4 is 5.78 Å². The topological polar surface area (TPSA) is 40.5 Å². The van der Waals surface area contributed by atoms with Crippen molar-refractivity contribution in [2.75, 3.05) is 13.6 Å². The molecule has 1 aromatic rings. The molecule has 0 atom stereocenters. The van der Waals surface area contributed by atoms with Gasteiger partial charge in [-0.3, -0.25) is 9.69 Å². The maximum atomic E-state index is 11.6. The van der Waals surface area contributed by atoms with Crippen molar-refractivity contribution in [2.24, 2.45) is 5.92 Å². The number of phenolic OH excluding ortho intramolecular Hbond substituents is 1. The van der Waals surface area contributed by atoms with E-state index in [1.807, 2.05) is 12.1 Å². The zero-order valence-corrected chi connectivity index (χ0v) is 14.1. The van der Waals surface area contributed by atoms with Gasteiger partial charge in [0, 0.05) is 24.9 Å². The fraction of sp³-hybridized carbons (Fsp3) is 0.526. The van der Waals surface area contributed by atoms with Gasteiger partial charge in [-0.15, -0.1) is 13.2 Å². The van der Waals surface area contributed by atoms with Crippen LogP contribution in [-0.2, 0) is 10.3 Å². The van der Waals surface area contributed by atoms with Gasteiger partial charge in [-0.1, -0.05) is 26.0 Å². The van der Waals surface area contributed by atoms with Gasteiger partial charge in [0.15, 0.2) is 0 Å². The fourth-order valence-electron chi connectivity index (χ4n) is 3.35. The number of aromatic hydroxyl groups is 1. The first-order chi connectivity index (χ1) is 10.4. The monoisotopic (exact) mass is 303 g/mol. The molecule has 0 unspecified atom stereocenters. The van der Waals surface area contributed by atoms with Gasteiger partial charge in [0.05, 0.1) is 0 Å². The van der Waals surface area contributed by atoms with E-state index in [9.17, 15) is 9.90 Å². The number of ketones is 1. The summed E-state index contributed by atoms with van der Waals surface area (Å²) in [7, 11) is 2.14. The van der Waals surface area contributed by atoms with E-state index < -0.39 is 0 Å². The molecule has 0 bridgehead atoms. The Morgan fingerprint density at radius 3 is 2.36 bits per heavy atom. The van der Waals surface area contributed by atoms with Crippen LogP contribution in [0.1, 0.15) is 45.1 Å². The fourth-order valence-corrected chi connectivity index (χ4v) is 3.35. The summed E-state index contributed by atoms with van der Waals surface area (Å²) in [6.45, 7) is 11.4. The number of Topliss-reactive ketones (excluding diaryl/α,β-unsaturated/α-hetero) is 1. The van der Waals surface area contributed by atoms with Gasteiger partial charge < -0.3 is 5.11 Å². The Balaban J connectivity index is 0.00000116. The van der Waals surface area contributed by atoms with Gasteiger partial charge in [-0.2, -0.15) is 0 Å². The molecule has 1 aromatic carbocycles. The highest BCUT2D eigenvalue weighted by Crippen LogP contribution is 2.41. The standard InChI is InChI=1S/C17H25NO2.C2H4/c1-13(2)12-18(3)17(9-7-15(19)8-10-17)14-5-4-6-16(20)11-14;1-2/h4-6,11,13,20H,7-10,12H2,1-3H3;1-2H2. The molecule has 2 rings (SSSR count). The third-order valence-corrected chi connectivity index (χ3v) is 4.39. The van der Waals surface area contributed by atoms with Crippen molar-refractivity contribution in [3.8, 4) is 5.75 Å². The summed E-state index contributed by atoms with van der Waals surface area (Å²) in [5.41, 5.74) is 1.02. The molecule has 0 aromatic heterocycles. The number of carbonyl (C=O) groups excluding carboxylic acids is 1. The molecular formula is C19H29NO2. The highest BCUT2D eigenvalue weighted by Gasteiger charge is 2.40. The van der Waals surface area contributed by atoms with Crippen LogP contribution in [0.3, 0.4) is 0 Å². The molecule has 1 aliphatic carbocycles. The first-order valence-corrected chi connectivity index (χ1v) is 7.96. The Morgan fingerprint density at radius 1 is 1.27 bits per heavy atom. The van der Waals surface area contributed by atoms with Crippen molar-refractivity contribution in [3.05, 3.63) is 43.0 Å². The van der Waals surface area contributed by atoms with E-state index in [0.717, 1.165) is 24.9 Å². The Labute approximate surface area is 134 Å². The van der Waals surface area contributed by atoms with Crippen LogP contribution >= 0.6 is 0 Å². The minimum Gasteiger partial charge on any atom is -0.508 e. The van der Waals surface area contributed by atoms with E-state index in [1.54, 1.807) is 6.07 Å². The van der Waals surface area contributed by atoms with Gasteiger partial charge in [-0.25, -0.2) is 0 Å². The second-order valence-corrected chi connectivity index (χ2v) is 6.39. The predicted octanol–water partition coefficient (Wildman–Crippen LogP) is 4.12. The van der Waals surface area contributed by atoms with Crippen molar-refractivity contribution in [1.82, 2.24) is 4.90 Å². The zero-order chi connectivity index (χ0) is 16.8. The number of hydrogen-bond acceptors (Lipinski definition) is 3. The number of benzene rings is 1. The maximum absolute atomic E-state index is 11.6. The SMILES string of the molecule is C=C.CC(C)CN(C)C1(c2cccc(O)c2)CCC(=O)CC1. The van der Waals surface area contributed by atoms with Gasteiger partial charge in [-0.05, 0) is 43.5 Å². The molecule has 22 heavy (non-hydrogen) atoms. The number of rotatable bonds is 4. The first-order valence-electron chi connectivity index (χ1n) is 7.96. The molecule has 1 aliphatic rings.